The Bertz CT molecular complexity index is 1380. The van der Waals surface area contributed by atoms with Gasteiger partial charge in [-0.2, -0.15) is 31.6 Å². The van der Waals surface area contributed by atoms with Crippen molar-refractivity contribution in [1.29, 1.82) is 5.26 Å². The quantitative estimate of drug-likeness (QED) is 0.448. The average molecular weight is 517 g/mol. The zero-order chi connectivity index (χ0) is 27.0. The van der Waals surface area contributed by atoms with Gasteiger partial charge in [-0.3, -0.25) is 9.59 Å². The Morgan fingerprint density at radius 2 is 1.54 bits per heavy atom. The molecule has 0 aliphatic carbocycles. The van der Waals surface area contributed by atoms with Gasteiger partial charge in [0.1, 0.15) is 6.04 Å². The highest BCUT2D eigenvalue weighted by Crippen LogP contribution is 2.37. The van der Waals surface area contributed by atoms with Gasteiger partial charge in [-0.1, -0.05) is 30.3 Å². The summed E-state index contributed by atoms with van der Waals surface area (Å²) in [6, 6.07) is 14.6. The number of fused-ring (bicyclic) bond motifs is 1. The summed E-state index contributed by atoms with van der Waals surface area (Å²) in [6.07, 6.45) is -10.0. The molecule has 1 atom stereocenters. The van der Waals surface area contributed by atoms with E-state index in [-0.39, 0.29) is 18.2 Å². The minimum absolute atomic E-state index is 0.00823. The van der Waals surface area contributed by atoms with E-state index in [1.54, 1.807) is 42.5 Å². The summed E-state index contributed by atoms with van der Waals surface area (Å²) in [6.45, 7) is -0.681. The lowest BCUT2D eigenvalue weighted by Crippen LogP contribution is -2.38. The Hall–Kier alpha value is -4.33. The number of carbonyl (C=O) groups excluding carboxylic acids is 2. The van der Waals surface area contributed by atoms with Crippen LogP contribution in [0.1, 0.15) is 49.8 Å². The summed E-state index contributed by atoms with van der Waals surface area (Å²) in [4.78, 5) is 27.5. The third-order valence-corrected chi connectivity index (χ3v) is 5.83. The number of hydrogen-bond donors (Lipinski definition) is 1. The molecule has 2 amide bonds. The summed E-state index contributed by atoms with van der Waals surface area (Å²) < 4.78 is 79.1. The van der Waals surface area contributed by atoms with Crippen LogP contribution in [0.2, 0.25) is 0 Å². The molecule has 5 nitrogen and oxygen atoms in total. The number of hydrogen-bond acceptors (Lipinski definition) is 3. The zero-order valence-corrected chi connectivity index (χ0v) is 18.8. The van der Waals surface area contributed by atoms with Gasteiger partial charge in [0.05, 0.1) is 22.8 Å². The van der Waals surface area contributed by atoms with Crippen molar-refractivity contribution in [3.8, 4) is 6.07 Å². The SMILES string of the molecule is N#Cc1cccc(CN2C(=O)c3ccccc3C2C(=O)NCc2cc(C(F)(F)F)cc(C(F)(F)F)c2)c1. The largest absolute Gasteiger partial charge is 0.416 e. The predicted octanol–water partition coefficient (Wildman–Crippen LogP) is 5.61. The van der Waals surface area contributed by atoms with E-state index in [0.717, 1.165) is 0 Å². The van der Waals surface area contributed by atoms with Crippen LogP contribution in [0.5, 0.6) is 0 Å². The molecule has 1 aliphatic rings. The molecule has 0 saturated heterocycles. The molecule has 1 N–H and O–H groups in total. The maximum absolute atomic E-state index is 13.2. The topological polar surface area (TPSA) is 73.2 Å². The van der Waals surface area contributed by atoms with E-state index in [1.807, 2.05) is 6.07 Å². The van der Waals surface area contributed by atoms with Crippen molar-refractivity contribution in [1.82, 2.24) is 10.2 Å². The van der Waals surface area contributed by atoms with Crippen molar-refractivity contribution in [2.75, 3.05) is 0 Å². The first kappa shape index (κ1) is 25.8. The highest BCUT2D eigenvalue weighted by molar-refractivity contribution is 6.04. The minimum Gasteiger partial charge on any atom is -0.350 e. The van der Waals surface area contributed by atoms with Crippen LogP contribution in [-0.4, -0.2) is 16.7 Å². The third kappa shape index (κ3) is 5.43. The van der Waals surface area contributed by atoms with Crippen LogP contribution in [0, 0.1) is 11.3 Å². The Morgan fingerprint density at radius 3 is 2.16 bits per heavy atom. The molecule has 0 radical (unpaired) electrons. The standard InChI is InChI=1S/C26H17F6N3O2/c27-25(28,29)18-9-17(10-19(11-18)26(30,31)32)13-34-23(36)22-20-6-1-2-7-21(20)24(37)35(22)14-16-5-3-4-15(8-16)12-33/h1-11,22H,13-14H2,(H,34,36). The molecule has 11 heteroatoms. The van der Waals surface area contributed by atoms with Gasteiger partial charge in [-0.15, -0.1) is 0 Å². The van der Waals surface area contributed by atoms with E-state index < -0.39 is 53.4 Å². The van der Waals surface area contributed by atoms with Gasteiger partial charge < -0.3 is 10.2 Å². The molecule has 190 valence electrons. The van der Waals surface area contributed by atoms with Crippen LogP contribution in [0.4, 0.5) is 26.3 Å². The Balaban J connectivity index is 1.62. The summed E-state index contributed by atoms with van der Waals surface area (Å²) >= 11 is 0. The Morgan fingerprint density at radius 1 is 0.892 bits per heavy atom. The molecule has 4 rings (SSSR count). The molecule has 0 bridgehead atoms. The van der Waals surface area contributed by atoms with Crippen LogP contribution in [0.15, 0.2) is 66.7 Å². The number of amides is 2. The fraction of sp³-hybridized carbons (Fsp3) is 0.192. The van der Waals surface area contributed by atoms with Gasteiger partial charge in [0.2, 0.25) is 5.91 Å². The lowest BCUT2D eigenvalue weighted by molar-refractivity contribution is -0.143. The van der Waals surface area contributed by atoms with Crippen LogP contribution in [0.25, 0.3) is 0 Å². The number of rotatable bonds is 5. The van der Waals surface area contributed by atoms with E-state index >= 15 is 0 Å². The number of halogens is 6. The first-order chi connectivity index (χ1) is 17.4. The second kappa shape index (κ2) is 9.61. The van der Waals surface area contributed by atoms with E-state index in [4.69, 9.17) is 5.26 Å². The van der Waals surface area contributed by atoms with E-state index in [9.17, 15) is 35.9 Å². The lowest BCUT2D eigenvalue weighted by Gasteiger charge is -2.25. The zero-order valence-electron chi connectivity index (χ0n) is 18.8. The van der Waals surface area contributed by atoms with Crippen molar-refractivity contribution in [2.45, 2.75) is 31.5 Å². The van der Waals surface area contributed by atoms with Gasteiger partial charge in [0.25, 0.3) is 5.91 Å². The van der Waals surface area contributed by atoms with Crippen LogP contribution in [0.3, 0.4) is 0 Å². The molecule has 1 aliphatic heterocycles. The summed E-state index contributed by atoms with van der Waals surface area (Å²) in [7, 11) is 0. The molecule has 1 unspecified atom stereocenters. The molecule has 3 aromatic rings. The smallest absolute Gasteiger partial charge is 0.350 e. The van der Waals surface area contributed by atoms with E-state index in [1.165, 1.54) is 11.0 Å². The normalized spacial score (nSPS) is 15.3. The van der Waals surface area contributed by atoms with Crippen molar-refractivity contribution >= 4 is 11.8 Å². The molecule has 3 aromatic carbocycles. The van der Waals surface area contributed by atoms with Crippen LogP contribution < -0.4 is 5.32 Å². The van der Waals surface area contributed by atoms with Crippen molar-refractivity contribution in [3.05, 3.63) is 106 Å². The van der Waals surface area contributed by atoms with Gasteiger partial charge in [0, 0.05) is 18.7 Å². The van der Waals surface area contributed by atoms with Crippen molar-refractivity contribution in [3.63, 3.8) is 0 Å². The van der Waals surface area contributed by atoms with E-state index in [0.29, 0.717) is 28.8 Å². The molecule has 0 fully saturated rings. The molecule has 0 saturated carbocycles. The Labute approximate surface area is 206 Å². The molecule has 0 spiro atoms. The molecular formula is C26H17F6N3O2. The number of nitriles is 1. The third-order valence-electron chi connectivity index (χ3n) is 5.83. The number of nitrogens with zero attached hydrogens (tertiary/aromatic N) is 2. The maximum Gasteiger partial charge on any atom is 0.416 e. The average Bonchev–Trinajstić information content (AvgIpc) is 3.13. The highest BCUT2D eigenvalue weighted by Gasteiger charge is 2.41. The number of benzene rings is 3. The number of nitrogens with one attached hydrogen (secondary N) is 1. The van der Waals surface area contributed by atoms with Gasteiger partial charge >= 0.3 is 12.4 Å². The maximum atomic E-state index is 13.2. The molecular weight excluding hydrogens is 500 g/mol. The molecule has 37 heavy (non-hydrogen) atoms. The fourth-order valence-corrected chi connectivity index (χ4v) is 4.16. The summed E-state index contributed by atoms with van der Waals surface area (Å²) in [5, 5.41) is 11.5. The molecule has 1 heterocycles. The number of carbonyl (C=O) groups is 2. The van der Waals surface area contributed by atoms with Gasteiger partial charge in [-0.25, -0.2) is 0 Å². The van der Waals surface area contributed by atoms with Crippen LogP contribution >= 0.6 is 0 Å². The summed E-state index contributed by atoms with van der Waals surface area (Å²) in [5.41, 5.74) is -1.89. The number of alkyl halides is 6. The first-order valence-corrected chi connectivity index (χ1v) is 10.8. The highest BCUT2D eigenvalue weighted by atomic mass is 19.4. The van der Waals surface area contributed by atoms with Gasteiger partial charge in [-0.05, 0) is 53.1 Å². The molecule has 0 aromatic heterocycles. The minimum atomic E-state index is -5.02. The summed E-state index contributed by atoms with van der Waals surface area (Å²) in [5.74, 6) is -1.25. The fourth-order valence-electron chi connectivity index (χ4n) is 4.16. The van der Waals surface area contributed by atoms with Crippen LogP contribution in [-0.2, 0) is 30.2 Å². The second-order valence-corrected chi connectivity index (χ2v) is 8.37. The Kier molecular flexibility index (Phi) is 6.69. The first-order valence-electron chi connectivity index (χ1n) is 10.8. The van der Waals surface area contributed by atoms with Crippen molar-refractivity contribution in [2.24, 2.45) is 0 Å². The van der Waals surface area contributed by atoms with E-state index in [2.05, 4.69) is 5.32 Å². The van der Waals surface area contributed by atoms with Crippen molar-refractivity contribution < 1.29 is 35.9 Å². The predicted molar refractivity (Wildman–Crippen MR) is 119 cm³/mol. The lowest BCUT2D eigenvalue weighted by atomic mass is 10.0. The van der Waals surface area contributed by atoms with Gasteiger partial charge in [0.15, 0.2) is 0 Å². The monoisotopic (exact) mass is 517 g/mol. The second-order valence-electron chi connectivity index (χ2n) is 8.37.